The highest BCUT2D eigenvalue weighted by Gasteiger charge is 2.54. The first-order chi connectivity index (χ1) is 16.1. The van der Waals surface area contributed by atoms with Crippen molar-refractivity contribution in [3.05, 3.63) is 22.3 Å². The maximum Gasteiger partial charge on any atom is 0.352 e. The number of thioether (sulfide) groups is 1. The topological polar surface area (TPSA) is 203 Å². The molecule has 182 valence electrons. The molecule has 3 rings (SSSR count). The van der Waals surface area contributed by atoms with E-state index in [2.05, 4.69) is 20.8 Å². The number of rotatable bonds is 9. The number of esters is 1. The van der Waals surface area contributed by atoms with Gasteiger partial charge in [0, 0.05) is 30.7 Å². The molecule has 1 saturated heterocycles. The minimum Gasteiger partial charge on any atom is -0.477 e. The van der Waals surface area contributed by atoms with E-state index in [0.717, 1.165) is 16.2 Å². The Bertz CT molecular complexity index is 1100. The molecule has 0 aromatic carbocycles. The summed E-state index contributed by atoms with van der Waals surface area (Å²) in [6, 6.07) is -1.05. The zero-order valence-corrected chi connectivity index (χ0v) is 19.5. The number of aromatic nitrogens is 1. The zero-order valence-electron chi connectivity index (χ0n) is 17.9. The van der Waals surface area contributed by atoms with E-state index in [1.165, 1.54) is 31.1 Å². The quantitative estimate of drug-likeness (QED) is 0.130. The van der Waals surface area contributed by atoms with E-state index in [-0.39, 0.29) is 40.2 Å². The lowest BCUT2D eigenvalue weighted by atomic mass is 10.0. The van der Waals surface area contributed by atoms with Gasteiger partial charge in [-0.1, -0.05) is 5.16 Å². The van der Waals surface area contributed by atoms with Crippen LogP contribution < -0.4 is 16.4 Å². The number of aliphatic carboxylic acids is 1. The molecule has 0 aliphatic carbocycles. The van der Waals surface area contributed by atoms with Gasteiger partial charge in [0.1, 0.15) is 29.4 Å². The fourth-order valence-electron chi connectivity index (χ4n) is 3.02. The van der Waals surface area contributed by atoms with Crippen LogP contribution in [-0.4, -0.2) is 87.8 Å². The molecule has 14 nitrogen and oxygen atoms in total. The van der Waals surface area contributed by atoms with E-state index < -0.39 is 47.7 Å². The van der Waals surface area contributed by atoms with Gasteiger partial charge in [-0.3, -0.25) is 24.1 Å². The van der Waals surface area contributed by atoms with Gasteiger partial charge in [0.15, 0.2) is 17.5 Å². The Morgan fingerprint density at radius 3 is 2.71 bits per heavy atom. The molecule has 1 aromatic rings. The molecular formula is C18H20N6O8S2. The Balaban J connectivity index is 1.77. The molecule has 5 N–H and O–H groups in total. The number of carbonyl (C=O) groups is 5. The summed E-state index contributed by atoms with van der Waals surface area (Å²) in [6.07, 6.45) is 0. The fraction of sp³-hybridized carbons (Fsp3) is 0.389. The van der Waals surface area contributed by atoms with Crippen molar-refractivity contribution in [3.8, 4) is 0 Å². The predicted octanol–water partition coefficient (Wildman–Crippen LogP) is -1.51. The predicted molar refractivity (Wildman–Crippen MR) is 119 cm³/mol. The van der Waals surface area contributed by atoms with E-state index in [9.17, 15) is 29.1 Å². The summed E-state index contributed by atoms with van der Waals surface area (Å²) in [5.41, 5.74) is 5.37. The van der Waals surface area contributed by atoms with Gasteiger partial charge < -0.3 is 31.0 Å². The molecule has 3 amide bonds. The molecule has 16 heteroatoms. The lowest BCUT2D eigenvalue weighted by Crippen LogP contribution is -2.71. The summed E-state index contributed by atoms with van der Waals surface area (Å²) in [7, 11) is 1.40. The first-order valence-corrected chi connectivity index (χ1v) is 11.5. The van der Waals surface area contributed by atoms with Crippen LogP contribution in [-0.2, 0) is 33.5 Å². The number of likely N-dealkylation sites (N-methyl/N-ethyl adjacent to an activating group) is 1. The number of nitrogens with one attached hydrogen (secondary N) is 2. The highest BCUT2D eigenvalue weighted by Crippen LogP contribution is 2.40. The third-order valence-corrected chi connectivity index (χ3v) is 6.61. The molecule has 2 atom stereocenters. The molecule has 2 aliphatic rings. The molecule has 0 unspecified atom stereocenters. The van der Waals surface area contributed by atoms with E-state index >= 15 is 0 Å². The van der Waals surface area contributed by atoms with Gasteiger partial charge in [0.25, 0.3) is 17.7 Å². The molecule has 1 aromatic heterocycles. The lowest BCUT2D eigenvalue weighted by Gasteiger charge is -2.49. The van der Waals surface area contributed by atoms with Crippen LogP contribution in [0.25, 0.3) is 0 Å². The molecule has 0 spiro atoms. The Labute approximate surface area is 200 Å². The molecule has 0 saturated carbocycles. The molecule has 2 aliphatic heterocycles. The second kappa shape index (κ2) is 10.5. The number of nitrogens with two attached hydrogens (primary N) is 1. The smallest absolute Gasteiger partial charge is 0.352 e. The number of carboxylic acid groups (broad SMARTS) is 1. The molecule has 34 heavy (non-hydrogen) atoms. The van der Waals surface area contributed by atoms with Crippen molar-refractivity contribution in [3.63, 3.8) is 0 Å². The summed E-state index contributed by atoms with van der Waals surface area (Å²) >= 11 is 2.25. The second-order valence-electron chi connectivity index (χ2n) is 6.86. The third kappa shape index (κ3) is 5.28. The number of hydrogen-bond acceptors (Lipinski definition) is 12. The number of oxime groups is 1. The molecular weight excluding hydrogens is 492 g/mol. The van der Waals surface area contributed by atoms with Crippen molar-refractivity contribution in [1.29, 1.82) is 0 Å². The van der Waals surface area contributed by atoms with Gasteiger partial charge in [-0.15, -0.1) is 23.1 Å². The highest BCUT2D eigenvalue weighted by atomic mass is 32.2. The van der Waals surface area contributed by atoms with Crippen LogP contribution in [0.1, 0.15) is 12.6 Å². The van der Waals surface area contributed by atoms with Crippen LogP contribution in [0.4, 0.5) is 5.13 Å². The van der Waals surface area contributed by atoms with Crippen molar-refractivity contribution in [1.82, 2.24) is 20.5 Å². The number of nitrogens with zero attached hydrogens (tertiary/aromatic N) is 3. The van der Waals surface area contributed by atoms with Crippen molar-refractivity contribution in [2.75, 3.05) is 31.7 Å². The summed E-state index contributed by atoms with van der Waals surface area (Å²) in [5.74, 6) is -3.73. The van der Waals surface area contributed by atoms with Crippen molar-refractivity contribution in [2.45, 2.75) is 18.3 Å². The average molecular weight is 513 g/mol. The van der Waals surface area contributed by atoms with Crippen LogP contribution in [0.2, 0.25) is 0 Å². The Morgan fingerprint density at radius 1 is 1.38 bits per heavy atom. The van der Waals surface area contributed by atoms with Gasteiger partial charge in [0.05, 0.1) is 0 Å². The van der Waals surface area contributed by atoms with Crippen LogP contribution in [0.5, 0.6) is 0 Å². The van der Waals surface area contributed by atoms with Crippen LogP contribution in [0.15, 0.2) is 21.8 Å². The Hall–Kier alpha value is -3.66. The minimum atomic E-state index is -1.35. The number of thiazole rings is 1. The number of amides is 3. The summed E-state index contributed by atoms with van der Waals surface area (Å²) in [4.78, 5) is 69.9. The van der Waals surface area contributed by atoms with Gasteiger partial charge in [0.2, 0.25) is 0 Å². The molecule has 0 radical (unpaired) electrons. The number of anilines is 1. The van der Waals surface area contributed by atoms with Gasteiger partial charge >= 0.3 is 11.9 Å². The largest absolute Gasteiger partial charge is 0.477 e. The molecule has 0 bridgehead atoms. The van der Waals surface area contributed by atoms with Crippen LogP contribution >= 0.6 is 23.1 Å². The molecule has 3 heterocycles. The first kappa shape index (κ1) is 25.0. The number of carbonyl (C=O) groups excluding carboxylic acids is 4. The number of hydrogen-bond donors (Lipinski definition) is 4. The normalized spacial score (nSPS) is 19.6. The highest BCUT2D eigenvalue weighted by molar-refractivity contribution is 8.00. The van der Waals surface area contributed by atoms with Gasteiger partial charge in [-0.2, -0.15) is 0 Å². The van der Waals surface area contributed by atoms with Crippen molar-refractivity contribution in [2.24, 2.45) is 5.16 Å². The Kier molecular flexibility index (Phi) is 7.72. The van der Waals surface area contributed by atoms with Crippen molar-refractivity contribution >= 4 is 63.6 Å². The van der Waals surface area contributed by atoms with Gasteiger partial charge in [-0.05, 0) is 0 Å². The lowest BCUT2D eigenvalue weighted by molar-refractivity contribution is -0.150. The fourth-order valence-corrected chi connectivity index (χ4v) is 4.90. The number of nitrogen functional groups attached to an aromatic ring is 1. The summed E-state index contributed by atoms with van der Waals surface area (Å²) in [6.45, 7) is 0.467. The monoisotopic (exact) mass is 512 g/mol. The van der Waals surface area contributed by atoms with E-state index in [1.807, 2.05) is 0 Å². The number of β-lactam (4-membered cyclic amide) rings is 1. The third-order valence-electron chi connectivity index (χ3n) is 4.60. The minimum absolute atomic E-state index is 0.0756. The summed E-state index contributed by atoms with van der Waals surface area (Å²) in [5, 5.41) is 19.0. The summed E-state index contributed by atoms with van der Waals surface area (Å²) < 4.78 is 4.89. The Morgan fingerprint density at radius 2 is 2.12 bits per heavy atom. The average Bonchev–Trinajstić information content (AvgIpc) is 3.23. The number of ether oxygens (including phenoxy) is 1. The second-order valence-corrected chi connectivity index (χ2v) is 8.85. The van der Waals surface area contributed by atoms with Crippen LogP contribution in [0, 0.1) is 0 Å². The van der Waals surface area contributed by atoms with Crippen LogP contribution in [0.3, 0.4) is 0 Å². The zero-order chi connectivity index (χ0) is 25.0. The van der Waals surface area contributed by atoms with E-state index in [4.69, 9.17) is 15.3 Å². The first-order valence-electron chi connectivity index (χ1n) is 9.60. The van der Waals surface area contributed by atoms with Gasteiger partial charge in [-0.25, -0.2) is 9.78 Å². The molecule has 1 fully saturated rings. The van der Waals surface area contributed by atoms with E-state index in [1.54, 1.807) is 0 Å². The maximum atomic E-state index is 12.9. The maximum absolute atomic E-state index is 12.9. The number of carboxylic acids is 1. The standard InChI is InChI=1S/C18H20N6O8S2/c1-7(25)31-3-8-5-33-16-12(15(28)24(16)13(8)17(29)30)22-14(27)11(9-6-34-18(19)21-9)23-32-4-10(26)20-2/h6,12,16H,3-5H2,1-2H3,(H2,19,21)(H,20,26)(H,22,27)(H,29,30)/t12-,16-/m1/s1. The number of fused-ring (bicyclic) bond motifs is 1. The SMILES string of the molecule is CNC(=O)CON=C(C(=O)N[C@@H]1C(=O)N2C(C(=O)O)=C(COC(C)=O)CS[C@H]12)c1csc(N)n1. The van der Waals surface area contributed by atoms with E-state index in [0.29, 0.717) is 0 Å². The van der Waals surface area contributed by atoms with Crippen molar-refractivity contribution < 1.29 is 38.7 Å².